The summed E-state index contributed by atoms with van der Waals surface area (Å²) >= 11 is 0. The normalized spacial score (nSPS) is 19.0. The highest BCUT2D eigenvalue weighted by Crippen LogP contribution is 2.44. The number of hydrogen-bond acceptors (Lipinski definition) is 4. The third-order valence-corrected chi connectivity index (χ3v) is 6.96. The first-order valence-electron chi connectivity index (χ1n) is 10.7. The maximum absolute atomic E-state index is 13.2. The Morgan fingerprint density at radius 2 is 1.76 bits per heavy atom. The molecule has 2 fully saturated rings. The van der Waals surface area contributed by atoms with Crippen LogP contribution in [0.3, 0.4) is 0 Å². The van der Waals surface area contributed by atoms with Crippen molar-refractivity contribution in [3.63, 3.8) is 0 Å². The van der Waals surface area contributed by atoms with Crippen molar-refractivity contribution < 1.29 is 4.79 Å². The number of fused-ring (bicyclic) bond motifs is 1. The van der Waals surface area contributed by atoms with Crippen LogP contribution in [0.1, 0.15) is 61.1 Å². The third-order valence-electron chi connectivity index (χ3n) is 6.96. The van der Waals surface area contributed by atoms with Crippen LogP contribution in [-0.2, 0) is 0 Å². The zero-order chi connectivity index (χ0) is 19.8. The second-order valence-corrected chi connectivity index (χ2v) is 8.64. The molecule has 3 heterocycles. The van der Waals surface area contributed by atoms with E-state index in [0.717, 1.165) is 48.2 Å². The van der Waals surface area contributed by atoms with Crippen molar-refractivity contribution in [1.82, 2.24) is 24.9 Å². The van der Waals surface area contributed by atoms with E-state index in [2.05, 4.69) is 15.3 Å². The molecule has 6 nitrogen and oxygen atoms in total. The predicted molar refractivity (Wildman–Crippen MR) is 112 cm³/mol. The van der Waals surface area contributed by atoms with Gasteiger partial charge >= 0.3 is 0 Å². The minimum atomic E-state index is 0.00704. The Labute approximate surface area is 170 Å². The van der Waals surface area contributed by atoms with Crippen molar-refractivity contribution in [1.29, 1.82) is 0 Å². The summed E-state index contributed by atoms with van der Waals surface area (Å²) in [7, 11) is 0. The van der Waals surface area contributed by atoms with E-state index in [0.29, 0.717) is 11.1 Å². The number of benzene rings is 1. The number of carbonyl (C=O) groups is 1. The van der Waals surface area contributed by atoms with Crippen LogP contribution in [0, 0.1) is 12.3 Å². The molecular formula is C23H27N5O. The van der Waals surface area contributed by atoms with Crippen LogP contribution < -0.4 is 0 Å². The number of para-hydroxylation sites is 1. The van der Waals surface area contributed by atoms with Gasteiger partial charge in [0, 0.05) is 24.7 Å². The topological polar surface area (TPSA) is 63.9 Å². The minimum Gasteiger partial charge on any atom is -0.337 e. The third kappa shape index (κ3) is 3.20. The molecule has 5 rings (SSSR count). The summed E-state index contributed by atoms with van der Waals surface area (Å²) in [5, 5.41) is 9.63. The largest absolute Gasteiger partial charge is 0.337 e. The molecule has 1 aliphatic carbocycles. The van der Waals surface area contributed by atoms with Gasteiger partial charge in [0.1, 0.15) is 0 Å². The molecule has 1 aromatic carbocycles. The van der Waals surface area contributed by atoms with Gasteiger partial charge in [-0.25, -0.2) is 4.68 Å². The Bertz CT molecular complexity index is 1040. The molecule has 0 N–H and O–H groups in total. The van der Waals surface area contributed by atoms with Gasteiger partial charge in [0.2, 0.25) is 0 Å². The maximum atomic E-state index is 13.2. The Kier molecular flexibility index (Phi) is 4.57. The Balaban J connectivity index is 1.39. The number of carbonyl (C=O) groups excluding carboxylic acids is 1. The predicted octanol–water partition coefficient (Wildman–Crippen LogP) is 4.31. The highest BCUT2D eigenvalue weighted by molar-refractivity contribution is 5.94. The summed E-state index contributed by atoms with van der Waals surface area (Å²) < 4.78 is 1.75. The summed E-state index contributed by atoms with van der Waals surface area (Å²) in [4.78, 5) is 19.7. The van der Waals surface area contributed by atoms with Gasteiger partial charge < -0.3 is 4.90 Å². The molecule has 6 heteroatoms. The molecule has 0 unspecified atom stereocenters. The van der Waals surface area contributed by atoms with E-state index >= 15 is 0 Å². The average molecular weight is 390 g/mol. The molecule has 150 valence electrons. The van der Waals surface area contributed by atoms with Gasteiger partial charge in [-0.1, -0.05) is 42.7 Å². The molecule has 1 spiro atoms. The number of piperidine rings is 1. The van der Waals surface area contributed by atoms with E-state index in [4.69, 9.17) is 0 Å². The Morgan fingerprint density at radius 3 is 2.55 bits per heavy atom. The van der Waals surface area contributed by atoms with Gasteiger partial charge in [0.25, 0.3) is 5.91 Å². The number of pyridine rings is 1. The van der Waals surface area contributed by atoms with E-state index in [1.165, 1.54) is 32.1 Å². The standard InChI is InChI=1S/C23H27N5O/c1-17-20(22(29)27-15-12-23(13-16-27)10-3-2-4-11-23)25-26-28(17)19-9-5-7-18-8-6-14-24-21(18)19/h5-9,14H,2-4,10-13,15-16H2,1H3. The Morgan fingerprint density at radius 1 is 1.00 bits per heavy atom. The first-order chi connectivity index (χ1) is 14.2. The lowest BCUT2D eigenvalue weighted by Gasteiger charge is -2.44. The molecule has 1 saturated carbocycles. The molecule has 1 amide bonds. The lowest BCUT2D eigenvalue weighted by molar-refractivity contribution is 0.0466. The van der Waals surface area contributed by atoms with Crippen LogP contribution >= 0.6 is 0 Å². The van der Waals surface area contributed by atoms with Crippen molar-refractivity contribution in [3.05, 3.63) is 47.9 Å². The van der Waals surface area contributed by atoms with E-state index in [-0.39, 0.29) is 5.91 Å². The molecule has 0 atom stereocenters. The summed E-state index contributed by atoms with van der Waals surface area (Å²) in [6, 6.07) is 9.93. The maximum Gasteiger partial charge on any atom is 0.276 e. The summed E-state index contributed by atoms with van der Waals surface area (Å²) in [6.07, 6.45) is 10.8. The monoisotopic (exact) mass is 389 g/mol. The fraction of sp³-hybridized carbons (Fsp3) is 0.478. The van der Waals surface area contributed by atoms with Crippen LogP contribution in [0.15, 0.2) is 36.5 Å². The minimum absolute atomic E-state index is 0.00704. The van der Waals surface area contributed by atoms with Gasteiger partial charge in [-0.05, 0) is 50.2 Å². The van der Waals surface area contributed by atoms with Crippen LogP contribution in [-0.4, -0.2) is 43.9 Å². The smallest absolute Gasteiger partial charge is 0.276 e. The number of aromatic nitrogens is 4. The molecule has 2 aromatic heterocycles. The Hall–Kier alpha value is -2.76. The van der Waals surface area contributed by atoms with Gasteiger partial charge in [0.05, 0.1) is 16.9 Å². The molecule has 29 heavy (non-hydrogen) atoms. The number of likely N-dealkylation sites (tertiary alicyclic amines) is 1. The second kappa shape index (κ2) is 7.25. The van der Waals surface area contributed by atoms with Crippen molar-refractivity contribution in [2.75, 3.05) is 13.1 Å². The molecule has 2 aliphatic rings. The quantitative estimate of drug-likeness (QED) is 0.655. The molecule has 3 aromatic rings. The van der Waals surface area contributed by atoms with Crippen molar-refractivity contribution in [2.45, 2.75) is 51.9 Å². The van der Waals surface area contributed by atoms with Gasteiger partial charge in [-0.2, -0.15) is 0 Å². The van der Waals surface area contributed by atoms with Crippen LogP contribution in [0.4, 0.5) is 0 Å². The molecule has 1 aliphatic heterocycles. The summed E-state index contributed by atoms with van der Waals surface area (Å²) in [5.74, 6) is 0.00704. The highest BCUT2D eigenvalue weighted by Gasteiger charge is 2.37. The lowest BCUT2D eigenvalue weighted by Crippen LogP contribution is -2.44. The molecule has 1 saturated heterocycles. The van der Waals surface area contributed by atoms with Crippen LogP contribution in [0.25, 0.3) is 16.6 Å². The molecule has 0 radical (unpaired) electrons. The van der Waals surface area contributed by atoms with Crippen molar-refractivity contribution in [3.8, 4) is 5.69 Å². The van der Waals surface area contributed by atoms with Gasteiger partial charge in [-0.3, -0.25) is 9.78 Å². The lowest BCUT2D eigenvalue weighted by atomic mass is 9.68. The van der Waals surface area contributed by atoms with E-state index in [1.807, 2.05) is 42.2 Å². The molecular weight excluding hydrogens is 362 g/mol. The van der Waals surface area contributed by atoms with E-state index < -0.39 is 0 Å². The van der Waals surface area contributed by atoms with E-state index in [9.17, 15) is 4.79 Å². The summed E-state index contributed by atoms with van der Waals surface area (Å²) in [5.41, 5.74) is 3.42. The van der Waals surface area contributed by atoms with Gasteiger partial charge in [0.15, 0.2) is 5.69 Å². The zero-order valence-corrected chi connectivity index (χ0v) is 17.0. The number of amides is 1. The fourth-order valence-electron chi connectivity index (χ4n) is 5.15. The fourth-order valence-corrected chi connectivity index (χ4v) is 5.15. The van der Waals surface area contributed by atoms with Crippen LogP contribution in [0.2, 0.25) is 0 Å². The number of nitrogens with zero attached hydrogens (tertiary/aromatic N) is 5. The van der Waals surface area contributed by atoms with Crippen molar-refractivity contribution >= 4 is 16.8 Å². The van der Waals surface area contributed by atoms with Crippen molar-refractivity contribution in [2.24, 2.45) is 5.41 Å². The van der Waals surface area contributed by atoms with Gasteiger partial charge in [-0.15, -0.1) is 5.10 Å². The zero-order valence-electron chi connectivity index (χ0n) is 17.0. The number of rotatable bonds is 2. The first-order valence-corrected chi connectivity index (χ1v) is 10.7. The summed E-state index contributed by atoms with van der Waals surface area (Å²) in [6.45, 7) is 3.59. The number of hydrogen-bond donors (Lipinski definition) is 0. The SMILES string of the molecule is Cc1c(C(=O)N2CCC3(CCCCC3)CC2)nnn1-c1cccc2cccnc12. The van der Waals surface area contributed by atoms with Crippen LogP contribution in [0.5, 0.6) is 0 Å². The molecule has 0 bridgehead atoms. The average Bonchev–Trinajstić information content (AvgIpc) is 3.15. The second-order valence-electron chi connectivity index (χ2n) is 8.64. The highest BCUT2D eigenvalue weighted by atomic mass is 16.2. The van der Waals surface area contributed by atoms with E-state index in [1.54, 1.807) is 10.9 Å². The first kappa shape index (κ1) is 18.3.